The Morgan fingerprint density at radius 1 is 1.03 bits per heavy atom. The van der Waals surface area contributed by atoms with Gasteiger partial charge in [0.05, 0.1) is 0 Å². The number of guanidine groups is 1. The van der Waals surface area contributed by atoms with Crippen LogP contribution in [0.25, 0.3) is 0 Å². The Bertz CT molecular complexity index is 832. The molecule has 7 nitrogen and oxygen atoms in total. The van der Waals surface area contributed by atoms with Crippen molar-refractivity contribution in [2.45, 2.75) is 13.3 Å². The summed E-state index contributed by atoms with van der Waals surface area (Å²) in [6, 6.07) is 16.9. The molecule has 2 aromatic carbocycles. The number of phenols is 1. The Balaban J connectivity index is 1.44. The van der Waals surface area contributed by atoms with Crippen LogP contribution in [0.3, 0.4) is 0 Å². The molecule has 0 atom stereocenters. The summed E-state index contributed by atoms with van der Waals surface area (Å²) in [7, 11) is 0. The number of nitrogens with one attached hydrogen (secondary N) is 2. The molecule has 0 bridgehead atoms. The zero-order valence-corrected chi connectivity index (χ0v) is 17.6. The van der Waals surface area contributed by atoms with Gasteiger partial charge in [0.1, 0.15) is 5.75 Å². The Hall–Kier alpha value is -3.22. The van der Waals surface area contributed by atoms with E-state index in [1.54, 1.807) is 18.2 Å². The molecule has 1 fully saturated rings. The molecule has 1 heterocycles. The summed E-state index contributed by atoms with van der Waals surface area (Å²) >= 11 is 0. The molecule has 3 N–H and O–H groups in total. The molecule has 0 unspecified atom stereocenters. The number of hydrogen-bond donors (Lipinski definition) is 3. The van der Waals surface area contributed by atoms with Crippen LogP contribution in [0.2, 0.25) is 0 Å². The second kappa shape index (κ2) is 11.1. The average Bonchev–Trinajstić information content (AvgIpc) is 2.79. The van der Waals surface area contributed by atoms with E-state index in [1.165, 1.54) is 11.8 Å². The van der Waals surface area contributed by atoms with Gasteiger partial charge >= 0.3 is 0 Å². The third kappa shape index (κ3) is 6.14. The highest BCUT2D eigenvalue weighted by atomic mass is 16.3. The van der Waals surface area contributed by atoms with Gasteiger partial charge in [-0.2, -0.15) is 0 Å². The molecule has 1 amide bonds. The minimum atomic E-state index is -0.182. The maximum Gasteiger partial charge on any atom is 0.251 e. The fourth-order valence-corrected chi connectivity index (χ4v) is 3.46. The predicted molar refractivity (Wildman–Crippen MR) is 121 cm³/mol. The van der Waals surface area contributed by atoms with Gasteiger partial charge in [-0.05, 0) is 43.7 Å². The van der Waals surface area contributed by atoms with Crippen molar-refractivity contribution in [3.63, 3.8) is 0 Å². The number of piperazine rings is 1. The van der Waals surface area contributed by atoms with E-state index in [2.05, 4.69) is 51.6 Å². The van der Waals surface area contributed by atoms with Crippen LogP contribution in [0.4, 0.5) is 5.69 Å². The molecule has 0 aliphatic carbocycles. The lowest BCUT2D eigenvalue weighted by Gasteiger charge is -2.37. The molecule has 7 heteroatoms. The van der Waals surface area contributed by atoms with Gasteiger partial charge in [0, 0.05) is 57.1 Å². The molecule has 1 aliphatic rings. The molecule has 30 heavy (non-hydrogen) atoms. The zero-order valence-electron chi connectivity index (χ0n) is 17.6. The summed E-state index contributed by atoms with van der Waals surface area (Å²) in [6.07, 6.45) is 0.753. The van der Waals surface area contributed by atoms with Crippen molar-refractivity contribution in [3.05, 3.63) is 60.2 Å². The second-order valence-corrected chi connectivity index (χ2v) is 7.21. The van der Waals surface area contributed by atoms with Gasteiger partial charge in [-0.3, -0.25) is 9.79 Å². The number of aromatic hydroxyl groups is 1. The van der Waals surface area contributed by atoms with Gasteiger partial charge in [-0.25, -0.2) is 0 Å². The third-order valence-corrected chi connectivity index (χ3v) is 5.03. The first-order chi connectivity index (χ1) is 14.7. The van der Waals surface area contributed by atoms with E-state index in [0.29, 0.717) is 18.7 Å². The fraction of sp³-hybridized carbons (Fsp3) is 0.391. The van der Waals surface area contributed by atoms with Crippen molar-refractivity contribution >= 4 is 17.6 Å². The maximum absolute atomic E-state index is 12.1. The molecule has 1 aliphatic heterocycles. The summed E-state index contributed by atoms with van der Waals surface area (Å²) in [5, 5.41) is 15.7. The van der Waals surface area contributed by atoms with Gasteiger partial charge in [-0.15, -0.1) is 0 Å². The predicted octanol–water partition coefficient (Wildman–Crippen LogP) is 2.30. The standard InChI is InChI=1S/C23H31N5O2/c1-2-24-23(28-16-14-27(15-17-28)20-9-4-3-5-10-20)26-13-7-12-25-22(30)19-8-6-11-21(29)18-19/h3-6,8-11,18,29H,2,7,12-17H2,1H3,(H,24,26)(H,25,30). The first-order valence-corrected chi connectivity index (χ1v) is 10.6. The SMILES string of the molecule is CCNC(=NCCCNC(=O)c1cccc(O)c1)N1CCN(c2ccccc2)CC1. The van der Waals surface area contributed by atoms with E-state index in [9.17, 15) is 9.90 Å². The van der Waals surface area contributed by atoms with E-state index in [4.69, 9.17) is 4.99 Å². The summed E-state index contributed by atoms with van der Waals surface area (Å²) in [5.41, 5.74) is 1.73. The Kier molecular flexibility index (Phi) is 7.94. The number of amides is 1. The highest BCUT2D eigenvalue weighted by Crippen LogP contribution is 2.15. The van der Waals surface area contributed by atoms with Crippen LogP contribution in [-0.4, -0.2) is 67.7 Å². The quantitative estimate of drug-likeness (QED) is 0.371. The monoisotopic (exact) mass is 409 g/mol. The smallest absolute Gasteiger partial charge is 0.251 e. The van der Waals surface area contributed by atoms with Crippen LogP contribution in [0, 0.1) is 0 Å². The molecule has 0 radical (unpaired) electrons. The molecule has 3 rings (SSSR count). The molecule has 0 aromatic heterocycles. The minimum Gasteiger partial charge on any atom is -0.508 e. The van der Waals surface area contributed by atoms with E-state index in [-0.39, 0.29) is 11.7 Å². The summed E-state index contributed by atoms with van der Waals surface area (Å²) in [4.78, 5) is 21.5. The lowest BCUT2D eigenvalue weighted by molar-refractivity contribution is 0.0953. The van der Waals surface area contributed by atoms with Gasteiger partial charge in [0.2, 0.25) is 0 Å². The molecular formula is C23H31N5O2. The van der Waals surface area contributed by atoms with Gasteiger partial charge in [0.25, 0.3) is 5.91 Å². The normalized spacial score (nSPS) is 14.5. The lowest BCUT2D eigenvalue weighted by Crippen LogP contribution is -2.52. The van der Waals surface area contributed by atoms with E-state index < -0.39 is 0 Å². The van der Waals surface area contributed by atoms with Crippen molar-refractivity contribution in [1.29, 1.82) is 0 Å². The van der Waals surface area contributed by atoms with Crippen molar-refractivity contribution in [1.82, 2.24) is 15.5 Å². The number of aliphatic imine (C=N–C) groups is 1. The number of carbonyl (C=O) groups is 1. The molecule has 0 spiro atoms. The second-order valence-electron chi connectivity index (χ2n) is 7.21. The Labute approximate surface area is 178 Å². The lowest BCUT2D eigenvalue weighted by atomic mass is 10.2. The number of anilines is 1. The van der Waals surface area contributed by atoms with Gasteiger partial charge in [0.15, 0.2) is 5.96 Å². The van der Waals surface area contributed by atoms with Crippen LogP contribution < -0.4 is 15.5 Å². The molecular weight excluding hydrogens is 378 g/mol. The molecule has 0 saturated carbocycles. The number of benzene rings is 2. The largest absolute Gasteiger partial charge is 0.508 e. The van der Waals surface area contributed by atoms with Crippen LogP contribution in [0.15, 0.2) is 59.6 Å². The average molecular weight is 410 g/mol. The van der Waals surface area contributed by atoms with E-state index in [0.717, 1.165) is 45.1 Å². The number of rotatable bonds is 7. The van der Waals surface area contributed by atoms with Crippen molar-refractivity contribution < 1.29 is 9.90 Å². The topological polar surface area (TPSA) is 80.2 Å². The highest BCUT2D eigenvalue weighted by Gasteiger charge is 2.19. The van der Waals surface area contributed by atoms with E-state index in [1.807, 2.05) is 6.07 Å². The van der Waals surface area contributed by atoms with Crippen LogP contribution in [0.5, 0.6) is 5.75 Å². The van der Waals surface area contributed by atoms with Crippen LogP contribution in [0.1, 0.15) is 23.7 Å². The first kappa shape index (κ1) is 21.5. The molecule has 2 aromatic rings. The Morgan fingerprint density at radius 2 is 1.80 bits per heavy atom. The van der Waals surface area contributed by atoms with Crippen molar-refractivity contribution in [2.75, 3.05) is 50.7 Å². The summed E-state index contributed by atoms with van der Waals surface area (Å²) < 4.78 is 0. The van der Waals surface area contributed by atoms with Crippen LogP contribution in [-0.2, 0) is 0 Å². The molecule has 1 saturated heterocycles. The number of hydrogen-bond acceptors (Lipinski definition) is 4. The summed E-state index contributed by atoms with van der Waals surface area (Å²) in [6.45, 7) is 7.87. The van der Waals surface area contributed by atoms with Crippen molar-refractivity contribution in [2.24, 2.45) is 4.99 Å². The van der Waals surface area contributed by atoms with Crippen molar-refractivity contribution in [3.8, 4) is 5.75 Å². The zero-order chi connectivity index (χ0) is 21.2. The van der Waals surface area contributed by atoms with Gasteiger partial charge in [-0.1, -0.05) is 24.3 Å². The molecule has 160 valence electrons. The van der Waals surface area contributed by atoms with E-state index >= 15 is 0 Å². The number of para-hydroxylation sites is 1. The summed E-state index contributed by atoms with van der Waals surface area (Å²) in [5.74, 6) is 0.846. The first-order valence-electron chi connectivity index (χ1n) is 10.6. The Morgan fingerprint density at radius 3 is 2.50 bits per heavy atom. The maximum atomic E-state index is 12.1. The highest BCUT2D eigenvalue weighted by molar-refractivity contribution is 5.94. The number of nitrogens with zero attached hydrogens (tertiary/aromatic N) is 3. The van der Waals surface area contributed by atoms with Crippen LogP contribution >= 0.6 is 0 Å². The minimum absolute atomic E-state index is 0.0925. The third-order valence-electron chi connectivity index (χ3n) is 5.03. The number of carbonyl (C=O) groups excluding carboxylic acids is 1. The fourth-order valence-electron chi connectivity index (χ4n) is 3.46. The number of phenolic OH excluding ortho intramolecular Hbond substituents is 1. The van der Waals surface area contributed by atoms with Gasteiger partial charge < -0.3 is 25.5 Å².